The summed E-state index contributed by atoms with van der Waals surface area (Å²) in [6.45, 7) is 0.181. The van der Waals surface area contributed by atoms with Crippen molar-refractivity contribution in [3.8, 4) is 11.1 Å². The quantitative estimate of drug-likeness (QED) is 0.658. The normalized spacial score (nSPS) is 16.6. The van der Waals surface area contributed by atoms with Crippen LogP contribution in [0.3, 0.4) is 0 Å². The number of carbonyl (C=O) groups is 1. The highest BCUT2D eigenvalue weighted by atomic mass is 19.3. The third-order valence-electron chi connectivity index (χ3n) is 5.10. The number of aromatic nitrogens is 1. The second-order valence-corrected chi connectivity index (χ2v) is 7.16. The van der Waals surface area contributed by atoms with Gasteiger partial charge in [-0.15, -0.1) is 0 Å². The number of nitrogens with one attached hydrogen (secondary N) is 1. The number of alkyl halides is 2. The van der Waals surface area contributed by atoms with Crippen LogP contribution in [0.15, 0.2) is 30.5 Å². The lowest BCUT2D eigenvalue weighted by molar-refractivity contribution is -0.117. The minimum atomic E-state index is -2.72. The molecule has 0 atom stereocenters. The topological polar surface area (TPSA) is 51.2 Å². The largest absolute Gasteiger partial charge is 0.384 e. The number of carbonyl (C=O) groups excluding carboxylic acids is 1. The number of pyridine rings is 1. The molecule has 1 aliphatic rings. The Morgan fingerprint density at radius 1 is 1.21 bits per heavy atom. The lowest BCUT2D eigenvalue weighted by Gasteiger charge is -2.29. The van der Waals surface area contributed by atoms with Gasteiger partial charge in [-0.1, -0.05) is 0 Å². The van der Waals surface area contributed by atoms with E-state index in [9.17, 15) is 22.4 Å². The van der Waals surface area contributed by atoms with Crippen molar-refractivity contribution in [3.05, 3.63) is 47.8 Å². The van der Waals surface area contributed by atoms with Gasteiger partial charge in [0.05, 0.1) is 24.4 Å². The van der Waals surface area contributed by atoms with Crippen LogP contribution < -0.4 is 5.32 Å². The first-order chi connectivity index (χ1) is 13.8. The van der Waals surface area contributed by atoms with Gasteiger partial charge in [0.2, 0.25) is 11.8 Å². The summed E-state index contributed by atoms with van der Waals surface area (Å²) < 4.78 is 60.3. The Hall–Kier alpha value is -2.48. The molecule has 3 rings (SSSR count). The van der Waals surface area contributed by atoms with Crippen molar-refractivity contribution in [1.29, 1.82) is 0 Å². The number of halogens is 4. The molecule has 4 nitrogen and oxygen atoms in total. The number of hydrogen-bond acceptors (Lipinski definition) is 3. The fraction of sp³-hybridized carbons (Fsp3) is 0.429. The van der Waals surface area contributed by atoms with E-state index in [4.69, 9.17) is 4.74 Å². The minimum absolute atomic E-state index is 0.0307. The molecular weight excluding hydrogens is 388 g/mol. The van der Waals surface area contributed by atoms with Gasteiger partial charge in [-0.2, -0.15) is 0 Å². The van der Waals surface area contributed by atoms with Gasteiger partial charge in [0, 0.05) is 43.2 Å². The first-order valence-electron chi connectivity index (χ1n) is 9.41. The Morgan fingerprint density at radius 2 is 1.93 bits per heavy atom. The third kappa shape index (κ3) is 5.12. The van der Waals surface area contributed by atoms with Crippen molar-refractivity contribution in [2.75, 3.05) is 19.0 Å². The zero-order valence-corrected chi connectivity index (χ0v) is 16.0. The summed E-state index contributed by atoms with van der Waals surface area (Å²) in [5.74, 6) is -4.71. The van der Waals surface area contributed by atoms with E-state index >= 15 is 0 Å². The van der Waals surface area contributed by atoms with E-state index in [1.165, 1.54) is 19.4 Å². The van der Waals surface area contributed by atoms with Gasteiger partial charge in [0.15, 0.2) is 0 Å². The molecule has 2 aromatic rings. The van der Waals surface area contributed by atoms with Crippen LogP contribution in [0.4, 0.5) is 23.2 Å². The SMILES string of the molecule is COCCC(=O)Nc1c(-c2cc(F)ccc2F)ccnc1C1CCC(F)(F)CC1. The van der Waals surface area contributed by atoms with Crippen molar-refractivity contribution in [2.45, 2.75) is 43.9 Å². The predicted molar refractivity (Wildman–Crippen MR) is 101 cm³/mol. The maximum absolute atomic E-state index is 14.4. The van der Waals surface area contributed by atoms with Crippen molar-refractivity contribution >= 4 is 11.6 Å². The minimum Gasteiger partial charge on any atom is -0.384 e. The van der Waals surface area contributed by atoms with Crippen LogP contribution in [0, 0.1) is 11.6 Å². The average Bonchev–Trinajstić information content (AvgIpc) is 2.69. The fourth-order valence-electron chi connectivity index (χ4n) is 3.56. The van der Waals surface area contributed by atoms with Gasteiger partial charge < -0.3 is 10.1 Å². The smallest absolute Gasteiger partial charge is 0.248 e. The molecule has 29 heavy (non-hydrogen) atoms. The van der Waals surface area contributed by atoms with Gasteiger partial charge in [-0.3, -0.25) is 9.78 Å². The van der Waals surface area contributed by atoms with Gasteiger partial charge in [0.1, 0.15) is 11.6 Å². The number of anilines is 1. The molecule has 1 amide bonds. The Morgan fingerprint density at radius 3 is 2.62 bits per heavy atom. The molecule has 156 valence electrons. The standard InChI is InChI=1S/C21H22F4N2O2/c1-29-11-7-18(28)27-20-15(16-12-14(22)2-3-17(16)23)6-10-26-19(20)13-4-8-21(24,25)9-5-13/h2-3,6,10,12-13H,4-5,7-9,11H2,1H3,(H,27,28). The van der Waals surface area contributed by atoms with Crippen molar-refractivity contribution in [2.24, 2.45) is 0 Å². The first kappa shape index (κ1) is 21.2. The molecule has 0 unspecified atom stereocenters. The van der Waals surface area contributed by atoms with Crippen LogP contribution >= 0.6 is 0 Å². The zero-order chi connectivity index (χ0) is 21.0. The maximum Gasteiger partial charge on any atom is 0.248 e. The van der Waals surface area contributed by atoms with E-state index in [-0.39, 0.29) is 67.4 Å². The zero-order valence-electron chi connectivity index (χ0n) is 16.0. The highest BCUT2D eigenvalue weighted by Crippen LogP contribution is 2.44. The van der Waals surface area contributed by atoms with Gasteiger partial charge in [-0.05, 0) is 37.1 Å². The molecule has 0 bridgehead atoms. The molecule has 8 heteroatoms. The number of benzene rings is 1. The average molecular weight is 410 g/mol. The number of nitrogens with zero attached hydrogens (tertiary/aromatic N) is 1. The van der Waals surface area contributed by atoms with E-state index in [1.54, 1.807) is 0 Å². The Labute approximate surface area is 166 Å². The lowest BCUT2D eigenvalue weighted by Crippen LogP contribution is -2.25. The van der Waals surface area contributed by atoms with Gasteiger partial charge in [0.25, 0.3) is 0 Å². The number of ether oxygens (including phenoxy) is 1. The van der Waals surface area contributed by atoms with E-state index in [1.807, 2.05) is 0 Å². The van der Waals surface area contributed by atoms with Crippen molar-refractivity contribution < 1.29 is 27.1 Å². The molecule has 1 heterocycles. The monoisotopic (exact) mass is 410 g/mol. The van der Waals surface area contributed by atoms with Crippen LogP contribution in [0.1, 0.15) is 43.7 Å². The Balaban J connectivity index is 2.04. The van der Waals surface area contributed by atoms with E-state index in [0.717, 1.165) is 18.2 Å². The molecule has 1 fully saturated rings. The number of amides is 1. The summed E-state index contributed by atoms with van der Waals surface area (Å²) in [7, 11) is 1.46. The third-order valence-corrected chi connectivity index (χ3v) is 5.10. The second-order valence-electron chi connectivity index (χ2n) is 7.16. The number of hydrogen-bond donors (Lipinski definition) is 1. The van der Waals surface area contributed by atoms with Crippen LogP contribution in [0.25, 0.3) is 11.1 Å². The fourth-order valence-corrected chi connectivity index (χ4v) is 3.56. The first-order valence-corrected chi connectivity index (χ1v) is 9.41. The predicted octanol–water partition coefficient (Wildman–Crippen LogP) is 5.29. The molecule has 0 spiro atoms. The summed E-state index contributed by atoms with van der Waals surface area (Å²) in [4.78, 5) is 16.7. The van der Waals surface area contributed by atoms with Crippen LogP contribution in [-0.2, 0) is 9.53 Å². The van der Waals surface area contributed by atoms with Crippen molar-refractivity contribution in [3.63, 3.8) is 0 Å². The van der Waals surface area contributed by atoms with Crippen molar-refractivity contribution in [1.82, 2.24) is 4.98 Å². The Kier molecular flexibility index (Phi) is 6.52. The van der Waals surface area contributed by atoms with E-state index in [2.05, 4.69) is 10.3 Å². The summed E-state index contributed by atoms with van der Waals surface area (Å²) in [6.07, 6.45) is 1.29. The molecule has 1 saturated carbocycles. The summed E-state index contributed by atoms with van der Waals surface area (Å²) in [6, 6.07) is 4.52. The molecule has 0 aliphatic heterocycles. The molecule has 1 aromatic heterocycles. The van der Waals surface area contributed by atoms with Gasteiger partial charge in [-0.25, -0.2) is 17.6 Å². The molecular formula is C21H22F4N2O2. The summed E-state index contributed by atoms with van der Waals surface area (Å²) in [5, 5.41) is 2.72. The summed E-state index contributed by atoms with van der Waals surface area (Å²) in [5.41, 5.74) is 0.868. The molecule has 1 aromatic carbocycles. The summed E-state index contributed by atoms with van der Waals surface area (Å²) >= 11 is 0. The van der Waals surface area contributed by atoms with Crippen LogP contribution in [0.2, 0.25) is 0 Å². The highest BCUT2D eigenvalue weighted by Gasteiger charge is 2.37. The lowest BCUT2D eigenvalue weighted by atomic mass is 9.83. The molecule has 0 saturated heterocycles. The number of rotatable bonds is 6. The molecule has 0 radical (unpaired) electrons. The van der Waals surface area contributed by atoms with Crippen LogP contribution in [0.5, 0.6) is 0 Å². The number of methoxy groups -OCH3 is 1. The molecule has 1 aliphatic carbocycles. The van der Waals surface area contributed by atoms with Gasteiger partial charge >= 0.3 is 0 Å². The van der Waals surface area contributed by atoms with Crippen LogP contribution in [-0.4, -0.2) is 30.5 Å². The molecule has 1 N–H and O–H groups in total. The maximum atomic E-state index is 14.4. The Bertz CT molecular complexity index is 879. The van der Waals surface area contributed by atoms with E-state index < -0.39 is 17.6 Å². The highest BCUT2D eigenvalue weighted by molar-refractivity contribution is 5.96. The van der Waals surface area contributed by atoms with E-state index in [0.29, 0.717) is 5.69 Å². The second kappa shape index (κ2) is 8.90.